The van der Waals surface area contributed by atoms with E-state index in [0.29, 0.717) is 0 Å². The Morgan fingerprint density at radius 2 is 1.55 bits per heavy atom. The molecule has 0 aliphatic carbocycles. The van der Waals surface area contributed by atoms with Gasteiger partial charge in [0.15, 0.2) is 0 Å². The molecule has 2 aromatic rings. The van der Waals surface area contributed by atoms with Crippen LogP contribution < -0.4 is 0 Å². The Kier molecular flexibility index (Phi) is 4.73. The van der Waals surface area contributed by atoms with Crippen LogP contribution in [0.15, 0.2) is 85.0 Å². The lowest BCUT2D eigenvalue weighted by atomic mass is 9.98. The molecule has 0 heteroatoms. The van der Waals surface area contributed by atoms with E-state index < -0.39 is 0 Å². The summed E-state index contributed by atoms with van der Waals surface area (Å²) in [5.74, 6) is 0. The van der Waals surface area contributed by atoms with Crippen molar-refractivity contribution >= 4 is 5.57 Å². The summed E-state index contributed by atoms with van der Waals surface area (Å²) in [6.07, 6.45) is 6.14. The number of allylic oxidation sites excluding steroid dienone is 5. The molecule has 0 radical (unpaired) electrons. The van der Waals surface area contributed by atoms with Crippen molar-refractivity contribution in [2.45, 2.75) is 13.8 Å². The standard InChI is InChI=1S/C20H20/c1-4-17(14-13-16(2)3)19-11-8-12-20(15-19)18-9-6-5-7-10-18/h4-15H,1H2,2-3H3/b17-14+. The van der Waals surface area contributed by atoms with Gasteiger partial charge in [-0.15, -0.1) is 0 Å². The fraction of sp³-hybridized carbons (Fsp3) is 0.100. The molecule has 0 spiro atoms. The second-order valence-electron chi connectivity index (χ2n) is 5.02. The van der Waals surface area contributed by atoms with Gasteiger partial charge in [0.2, 0.25) is 0 Å². The molecule has 0 saturated heterocycles. The van der Waals surface area contributed by atoms with Crippen LogP contribution in [0.4, 0.5) is 0 Å². The molecule has 0 amide bonds. The molecular weight excluding hydrogens is 240 g/mol. The van der Waals surface area contributed by atoms with Crippen LogP contribution in [-0.2, 0) is 0 Å². The summed E-state index contributed by atoms with van der Waals surface area (Å²) in [4.78, 5) is 0. The van der Waals surface area contributed by atoms with Gasteiger partial charge in [-0.3, -0.25) is 0 Å². The first-order chi connectivity index (χ1) is 9.70. The van der Waals surface area contributed by atoms with Gasteiger partial charge in [-0.1, -0.05) is 78.9 Å². The van der Waals surface area contributed by atoms with E-state index in [1.165, 1.54) is 22.3 Å². The van der Waals surface area contributed by atoms with E-state index in [1.807, 2.05) is 12.1 Å². The summed E-state index contributed by atoms with van der Waals surface area (Å²) in [5.41, 5.74) is 6.08. The van der Waals surface area contributed by atoms with E-state index in [4.69, 9.17) is 0 Å². The first-order valence-electron chi connectivity index (χ1n) is 6.84. The van der Waals surface area contributed by atoms with Gasteiger partial charge in [-0.2, -0.15) is 0 Å². The Labute approximate surface area is 121 Å². The molecule has 20 heavy (non-hydrogen) atoms. The van der Waals surface area contributed by atoms with Gasteiger partial charge in [0, 0.05) is 0 Å². The maximum absolute atomic E-state index is 3.92. The quantitative estimate of drug-likeness (QED) is 0.601. The Balaban J connectivity index is 2.41. The van der Waals surface area contributed by atoms with E-state index in [-0.39, 0.29) is 0 Å². The summed E-state index contributed by atoms with van der Waals surface area (Å²) < 4.78 is 0. The van der Waals surface area contributed by atoms with Gasteiger partial charge < -0.3 is 0 Å². The predicted octanol–water partition coefficient (Wildman–Crippen LogP) is 5.89. The van der Waals surface area contributed by atoms with Crippen molar-refractivity contribution in [3.05, 3.63) is 90.5 Å². The second kappa shape index (κ2) is 6.72. The topological polar surface area (TPSA) is 0 Å². The maximum Gasteiger partial charge on any atom is -0.0178 e. The molecule has 0 fully saturated rings. The fourth-order valence-electron chi connectivity index (χ4n) is 2.05. The molecule has 100 valence electrons. The number of rotatable bonds is 4. The van der Waals surface area contributed by atoms with Gasteiger partial charge in [-0.25, -0.2) is 0 Å². The molecule has 0 aromatic heterocycles. The summed E-state index contributed by atoms with van der Waals surface area (Å²) in [5, 5.41) is 0. The number of benzene rings is 2. The minimum Gasteiger partial charge on any atom is -0.0984 e. The average Bonchev–Trinajstić information content (AvgIpc) is 2.49. The predicted molar refractivity (Wildman–Crippen MR) is 89.5 cm³/mol. The van der Waals surface area contributed by atoms with Gasteiger partial charge in [0.05, 0.1) is 0 Å². The van der Waals surface area contributed by atoms with Gasteiger partial charge >= 0.3 is 0 Å². The average molecular weight is 260 g/mol. The first kappa shape index (κ1) is 14.1. The summed E-state index contributed by atoms with van der Waals surface area (Å²) in [6, 6.07) is 19.0. The third-order valence-corrected chi connectivity index (χ3v) is 3.12. The first-order valence-corrected chi connectivity index (χ1v) is 6.84. The fourth-order valence-corrected chi connectivity index (χ4v) is 2.05. The third-order valence-electron chi connectivity index (χ3n) is 3.12. The van der Waals surface area contributed by atoms with E-state index in [2.05, 4.69) is 81.1 Å². The monoisotopic (exact) mass is 260 g/mol. The van der Waals surface area contributed by atoms with Crippen LogP contribution in [0.3, 0.4) is 0 Å². The minimum atomic E-state index is 1.14. The number of hydrogen-bond donors (Lipinski definition) is 0. The zero-order valence-corrected chi connectivity index (χ0v) is 12.1. The van der Waals surface area contributed by atoms with Gasteiger partial charge in [-0.05, 0) is 42.2 Å². The van der Waals surface area contributed by atoms with Crippen molar-refractivity contribution in [3.8, 4) is 11.1 Å². The van der Waals surface area contributed by atoms with Crippen LogP contribution in [0.5, 0.6) is 0 Å². The Hall–Kier alpha value is -2.34. The van der Waals surface area contributed by atoms with Crippen molar-refractivity contribution in [2.75, 3.05) is 0 Å². The summed E-state index contributed by atoms with van der Waals surface area (Å²) in [6.45, 7) is 8.11. The lowest BCUT2D eigenvalue weighted by molar-refractivity contribution is 1.39. The molecule has 0 saturated carbocycles. The largest absolute Gasteiger partial charge is 0.0984 e. The van der Waals surface area contributed by atoms with Crippen molar-refractivity contribution in [2.24, 2.45) is 0 Å². The highest BCUT2D eigenvalue weighted by Gasteiger charge is 2.00. The molecule has 0 nitrogen and oxygen atoms in total. The molecule has 0 aliphatic heterocycles. The Bertz CT molecular complexity index is 639. The highest BCUT2D eigenvalue weighted by Crippen LogP contribution is 2.24. The molecule has 0 unspecified atom stereocenters. The minimum absolute atomic E-state index is 1.14. The Morgan fingerprint density at radius 1 is 0.850 bits per heavy atom. The van der Waals surface area contributed by atoms with Crippen LogP contribution in [-0.4, -0.2) is 0 Å². The zero-order chi connectivity index (χ0) is 14.4. The highest BCUT2D eigenvalue weighted by atomic mass is 14.1. The molecule has 0 atom stereocenters. The molecule has 0 heterocycles. The SMILES string of the molecule is C=C/C(=C\C=C(C)C)c1cccc(-c2ccccc2)c1. The lowest BCUT2D eigenvalue weighted by Gasteiger charge is -2.06. The molecule has 2 rings (SSSR count). The van der Waals surface area contributed by atoms with Crippen molar-refractivity contribution < 1.29 is 0 Å². The van der Waals surface area contributed by atoms with Crippen molar-refractivity contribution in [1.29, 1.82) is 0 Å². The van der Waals surface area contributed by atoms with E-state index >= 15 is 0 Å². The molecular formula is C20H20. The summed E-state index contributed by atoms with van der Waals surface area (Å²) >= 11 is 0. The molecule has 2 aromatic carbocycles. The molecule has 0 aliphatic rings. The lowest BCUT2D eigenvalue weighted by Crippen LogP contribution is -1.83. The smallest absolute Gasteiger partial charge is 0.0178 e. The zero-order valence-electron chi connectivity index (χ0n) is 12.1. The van der Waals surface area contributed by atoms with Gasteiger partial charge in [0.25, 0.3) is 0 Å². The third kappa shape index (κ3) is 3.58. The summed E-state index contributed by atoms with van der Waals surface area (Å²) in [7, 11) is 0. The van der Waals surface area contributed by atoms with Crippen LogP contribution in [0.25, 0.3) is 16.7 Å². The Morgan fingerprint density at radius 3 is 2.20 bits per heavy atom. The maximum atomic E-state index is 3.92. The van der Waals surface area contributed by atoms with Crippen LogP contribution in [0.1, 0.15) is 19.4 Å². The van der Waals surface area contributed by atoms with Crippen LogP contribution >= 0.6 is 0 Å². The normalized spacial score (nSPS) is 11.0. The van der Waals surface area contributed by atoms with Crippen molar-refractivity contribution in [1.82, 2.24) is 0 Å². The van der Waals surface area contributed by atoms with Crippen molar-refractivity contribution in [3.63, 3.8) is 0 Å². The number of hydrogen-bond acceptors (Lipinski definition) is 0. The highest BCUT2D eigenvalue weighted by molar-refractivity contribution is 5.78. The van der Waals surface area contributed by atoms with Gasteiger partial charge in [0.1, 0.15) is 0 Å². The second-order valence-corrected chi connectivity index (χ2v) is 5.02. The van der Waals surface area contributed by atoms with E-state index in [1.54, 1.807) is 0 Å². The van der Waals surface area contributed by atoms with E-state index in [9.17, 15) is 0 Å². The van der Waals surface area contributed by atoms with E-state index in [0.717, 1.165) is 5.57 Å². The van der Waals surface area contributed by atoms with Crippen LogP contribution in [0, 0.1) is 0 Å². The molecule has 0 bridgehead atoms. The molecule has 0 N–H and O–H groups in total. The van der Waals surface area contributed by atoms with Crippen LogP contribution in [0.2, 0.25) is 0 Å².